The number of aliphatic hydroxyl groups excluding tert-OH is 2. The SMILES string of the molecule is CCCCCCCCCCCCCC(O)C(COP(=O)(O)OCCN)NC(=O)CC(O)CCCCCCCCCCCC. The van der Waals surface area contributed by atoms with Crippen molar-refractivity contribution in [2.24, 2.45) is 5.73 Å². The summed E-state index contributed by atoms with van der Waals surface area (Å²) in [6, 6.07) is -0.887. The number of nitrogens with one attached hydrogen (secondary N) is 1. The van der Waals surface area contributed by atoms with Gasteiger partial charge in [-0.2, -0.15) is 0 Å². The Hall–Kier alpha value is -0.540. The standard InChI is InChI=1S/C33H69N2O7P/c1-3-5-7-9-11-13-15-17-19-21-23-25-32(37)31(29-42-43(39,40)41-27-26-34)35-33(38)28-30(36)24-22-20-18-16-14-12-10-8-6-4-2/h30-32,36-37H,3-29,34H2,1-2H3,(H,35,38)(H,39,40). The maximum Gasteiger partial charge on any atom is 0.472 e. The molecular weight excluding hydrogens is 567 g/mol. The van der Waals surface area contributed by atoms with Gasteiger partial charge in [0.25, 0.3) is 0 Å². The summed E-state index contributed by atoms with van der Waals surface area (Å²) in [5.74, 6) is -0.415. The maximum absolute atomic E-state index is 12.7. The Bertz CT molecular complexity index is 671. The third kappa shape index (κ3) is 28.7. The van der Waals surface area contributed by atoms with E-state index in [1.165, 1.54) is 96.3 Å². The van der Waals surface area contributed by atoms with E-state index in [0.29, 0.717) is 12.8 Å². The van der Waals surface area contributed by atoms with Crippen molar-refractivity contribution in [2.75, 3.05) is 19.8 Å². The molecule has 0 heterocycles. The fourth-order valence-corrected chi connectivity index (χ4v) is 6.06. The van der Waals surface area contributed by atoms with E-state index in [1.807, 2.05) is 0 Å². The molecule has 0 rings (SSSR count). The Kier molecular flexibility index (Phi) is 29.8. The predicted octanol–water partition coefficient (Wildman–Crippen LogP) is 7.69. The largest absolute Gasteiger partial charge is 0.472 e. The number of hydrogen-bond acceptors (Lipinski definition) is 7. The van der Waals surface area contributed by atoms with Crippen LogP contribution in [0.3, 0.4) is 0 Å². The molecule has 0 aliphatic rings. The van der Waals surface area contributed by atoms with Gasteiger partial charge in [-0.3, -0.25) is 13.8 Å². The first-order valence-corrected chi connectivity index (χ1v) is 19.2. The van der Waals surface area contributed by atoms with Crippen molar-refractivity contribution >= 4 is 13.7 Å². The Balaban J connectivity index is 4.42. The van der Waals surface area contributed by atoms with Gasteiger partial charge in [-0.05, 0) is 12.8 Å². The van der Waals surface area contributed by atoms with Gasteiger partial charge < -0.3 is 26.2 Å². The Morgan fingerprint density at radius 1 is 0.698 bits per heavy atom. The van der Waals surface area contributed by atoms with E-state index in [0.717, 1.165) is 38.5 Å². The van der Waals surface area contributed by atoms with E-state index in [-0.39, 0.29) is 26.2 Å². The molecule has 1 amide bonds. The monoisotopic (exact) mass is 636 g/mol. The number of rotatable bonds is 33. The van der Waals surface area contributed by atoms with Gasteiger partial charge in [0.2, 0.25) is 5.91 Å². The van der Waals surface area contributed by atoms with Crippen LogP contribution in [0.1, 0.15) is 168 Å². The fraction of sp³-hybridized carbons (Fsp3) is 0.970. The molecule has 0 aromatic rings. The summed E-state index contributed by atoms with van der Waals surface area (Å²) in [7, 11) is -4.36. The summed E-state index contributed by atoms with van der Waals surface area (Å²) in [6.07, 6.45) is 24.3. The van der Waals surface area contributed by atoms with Crippen molar-refractivity contribution in [3.05, 3.63) is 0 Å². The molecule has 0 aliphatic carbocycles. The van der Waals surface area contributed by atoms with Crippen molar-refractivity contribution in [3.63, 3.8) is 0 Å². The molecule has 0 aliphatic heterocycles. The topological polar surface area (TPSA) is 151 Å². The third-order valence-corrected chi connectivity index (χ3v) is 9.00. The highest BCUT2D eigenvalue weighted by atomic mass is 31.2. The zero-order valence-electron chi connectivity index (χ0n) is 27.8. The highest BCUT2D eigenvalue weighted by molar-refractivity contribution is 7.47. The second-order valence-corrected chi connectivity index (χ2v) is 13.7. The Labute approximate surface area is 264 Å². The quantitative estimate of drug-likeness (QED) is 0.0363. The van der Waals surface area contributed by atoms with Crippen LogP contribution in [0, 0.1) is 0 Å². The van der Waals surface area contributed by atoms with Gasteiger partial charge in [0, 0.05) is 6.54 Å². The first-order chi connectivity index (χ1) is 20.8. The van der Waals surface area contributed by atoms with E-state index in [9.17, 15) is 24.5 Å². The second-order valence-electron chi connectivity index (χ2n) is 12.3. The van der Waals surface area contributed by atoms with Crippen molar-refractivity contribution in [2.45, 2.75) is 186 Å². The van der Waals surface area contributed by atoms with E-state index in [1.54, 1.807) is 0 Å². The summed E-state index contributed by atoms with van der Waals surface area (Å²) >= 11 is 0. The first kappa shape index (κ1) is 42.5. The number of amides is 1. The number of nitrogens with two attached hydrogens (primary N) is 1. The normalized spacial score (nSPS) is 15.2. The van der Waals surface area contributed by atoms with Gasteiger partial charge in [-0.15, -0.1) is 0 Å². The number of aliphatic hydroxyl groups is 2. The van der Waals surface area contributed by atoms with Crippen molar-refractivity contribution in [1.82, 2.24) is 5.32 Å². The molecular formula is C33H69N2O7P. The number of unbranched alkanes of at least 4 members (excludes halogenated alkanes) is 19. The molecule has 0 saturated carbocycles. The number of phosphoric acid groups is 1. The molecule has 10 heteroatoms. The number of carbonyl (C=O) groups is 1. The summed E-state index contributed by atoms with van der Waals surface area (Å²) in [4.78, 5) is 22.6. The molecule has 258 valence electrons. The number of phosphoric ester groups is 1. The van der Waals surface area contributed by atoms with E-state index >= 15 is 0 Å². The van der Waals surface area contributed by atoms with Gasteiger partial charge in [-0.25, -0.2) is 4.57 Å². The lowest BCUT2D eigenvalue weighted by Crippen LogP contribution is -2.47. The van der Waals surface area contributed by atoms with Crippen LogP contribution in [0.25, 0.3) is 0 Å². The molecule has 0 fully saturated rings. The molecule has 0 saturated heterocycles. The molecule has 4 unspecified atom stereocenters. The predicted molar refractivity (Wildman–Crippen MR) is 177 cm³/mol. The van der Waals surface area contributed by atoms with Gasteiger partial charge in [0.1, 0.15) is 0 Å². The lowest BCUT2D eigenvalue weighted by Gasteiger charge is -2.25. The van der Waals surface area contributed by atoms with E-state index < -0.39 is 32.0 Å². The van der Waals surface area contributed by atoms with Crippen LogP contribution < -0.4 is 11.1 Å². The van der Waals surface area contributed by atoms with Gasteiger partial charge in [0.05, 0.1) is 37.9 Å². The van der Waals surface area contributed by atoms with Gasteiger partial charge in [0.15, 0.2) is 0 Å². The van der Waals surface area contributed by atoms with E-state index in [4.69, 9.17) is 14.8 Å². The first-order valence-electron chi connectivity index (χ1n) is 17.7. The number of hydrogen-bond donors (Lipinski definition) is 5. The average Bonchev–Trinajstić information content (AvgIpc) is 2.97. The number of carbonyl (C=O) groups excluding carboxylic acids is 1. The Morgan fingerprint density at radius 3 is 1.56 bits per heavy atom. The van der Waals surface area contributed by atoms with Gasteiger partial charge >= 0.3 is 7.82 Å². The molecule has 43 heavy (non-hydrogen) atoms. The zero-order chi connectivity index (χ0) is 32.0. The fourth-order valence-electron chi connectivity index (χ4n) is 5.30. The minimum absolute atomic E-state index is 0.0620. The minimum atomic E-state index is -4.36. The van der Waals surface area contributed by atoms with Crippen LogP contribution in [0.4, 0.5) is 0 Å². The summed E-state index contributed by atoms with van der Waals surface area (Å²) in [5.41, 5.74) is 5.33. The molecule has 0 aromatic carbocycles. The lowest BCUT2D eigenvalue weighted by molar-refractivity contribution is -0.125. The molecule has 4 atom stereocenters. The molecule has 0 spiro atoms. The van der Waals surface area contributed by atoms with Crippen molar-refractivity contribution < 1.29 is 33.5 Å². The van der Waals surface area contributed by atoms with Crippen LogP contribution in [0.2, 0.25) is 0 Å². The summed E-state index contributed by atoms with van der Waals surface area (Å²) in [5, 5.41) is 23.9. The average molecular weight is 637 g/mol. The van der Waals surface area contributed by atoms with Gasteiger partial charge in [-0.1, -0.05) is 149 Å². The molecule has 0 bridgehead atoms. The second kappa shape index (κ2) is 30.1. The van der Waals surface area contributed by atoms with Crippen LogP contribution in [0.15, 0.2) is 0 Å². The van der Waals surface area contributed by atoms with Crippen LogP contribution >= 0.6 is 7.82 Å². The minimum Gasteiger partial charge on any atom is -0.393 e. The van der Waals surface area contributed by atoms with Crippen molar-refractivity contribution in [1.29, 1.82) is 0 Å². The summed E-state index contributed by atoms with van der Waals surface area (Å²) in [6.45, 7) is 4.00. The zero-order valence-corrected chi connectivity index (χ0v) is 28.7. The van der Waals surface area contributed by atoms with Crippen LogP contribution in [-0.4, -0.2) is 59.0 Å². The molecule has 6 N–H and O–H groups in total. The molecule has 9 nitrogen and oxygen atoms in total. The van der Waals surface area contributed by atoms with Crippen LogP contribution in [-0.2, 0) is 18.4 Å². The third-order valence-electron chi connectivity index (χ3n) is 8.02. The maximum atomic E-state index is 12.7. The lowest BCUT2D eigenvalue weighted by atomic mass is 10.0. The summed E-state index contributed by atoms with van der Waals surface area (Å²) < 4.78 is 22.0. The van der Waals surface area contributed by atoms with Crippen LogP contribution in [0.5, 0.6) is 0 Å². The smallest absolute Gasteiger partial charge is 0.393 e. The highest BCUT2D eigenvalue weighted by Crippen LogP contribution is 2.43. The van der Waals surface area contributed by atoms with Crippen molar-refractivity contribution in [3.8, 4) is 0 Å². The van der Waals surface area contributed by atoms with E-state index in [2.05, 4.69) is 19.2 Å². The Morgan fingerprint density at radius 2 is 1.12 bits per heavy atom. The molecule has 0 aromatic heterocycles. The highest BCUT2D eigenvalue weighted by Gasteiger charge is 2.28. The molecule has 0 radical (unpaired) electrons.